The number of likely N-dealkylation sites (tertiary alicyclic amines) is 1. The normalized spacial score (nSPS) is 23.3. The van der Waals surface area contributed by atoms with Gasteiger partial charge in [-0.3, -0.25) is 19.1 Å². The maximum atomic E-state index is 14.1. The molecule has 7 nitrogen and oxygen atoms in total. The Morgan fingerprint density at radius 3 is 2.70 bits per heavy atom. The standard InChI is InChI=1S/C19H22FN5O2/c1-4-16(26)25-9-12-13(10-25)18(12)24(3)19-22-15(7-17(27)23(19)2)11-5-6-21-8-14(11)20/h5-8,12-13,18H,4,9-10H2,1-3H3/t12-,13+,18?. The highest BCUT2D eigenvalue weighted by Gasteiger charge is 2.59. The lowest BCUT2D eigenvalue weighted by atomic mass is 10.2. The number of amides is 1. The van der Waals surface area contributed by atoms with Crippen molar-refractivity contribution in [2.24, 2.45) is 18.9 Å². The highest BCUT2D eigenvalue weighted by atomic mass is 19.1. The van der Waals surface area contributed by atoms with E-state index in [0.717, 1.165) is 19.3 Å². The first-order chi connectivity index (χ1) is 12.9. The molecule has 8 heteroatoms. The first kappa shape index (κ1) is 17.6. The van der Waals surface area contributed by atoms with E-state index in [2.05, 4.69) is 9.97 Å². The lowest BCUT2D eigenvalue weighted by Crippen LogP contribution is -2.38. The summed E-state index contributed by atoms with van der Waals surface area (Å²) < 4.78 is 15.6. The fourth-order valence-electron chi connectivity index (χ4n) is 4.19. The van der Waals surface area contributed by atoms with E-state index in [1.165, 1.54) is 22.9 Å². The van der Waals surface area contributed by atoms with E-state index >= 15 is 0 Å². The molecule has 0 bridgehead atoms. The van der Waals surface area contributed by atoms with Crippen molar-refractivity contribution in [3.63, 3.8) is 0 Å². The van der Waals surface area contributed by atoms with Crippen molar-refractivity contribution in [1.82, 2.24) is 19.4 Å². The molecule has 3 heterocycles. The first-order valence-corrected chi connectivity index (χ1v) is 9.11. The van der Waals surface area contributed by atoms with Crippen LogP contribution in [0.3, 0.4) is 0 Å². The SMILES string of the molecule is CCC(=O)N1C[C@@H]2C(N(C)c3nc(-c4ccncc4F)cc(=O)n3C)[C@@H]2C1. The smallest absolute Gasteiger partial charge is 0.255 e. The highest BCUT2D eigenvalue weighted by Crippen LogP contribution is 2.49. The van der Waals surface area contributed by atoms with Gasteiger partial charge in [0.25, 0.3) is 5.56 Å². The number of aromatic nitrogens is 3. The molecule has 0 N–H and O–H groups in total. The van der Waals surface area contributed by atoms with Crippen LogP contribution < -0.4 is 10.5 Å². The van der Waals surface area contributed by atoms with Gasteiger partial charge in [-0.25, -0.2) is 9.37 Å². The third-order valence-electron chi connectivity index (χ3n) is 5.73. The van der Waals surface area contributed by atoms with Crippen LogP contribution in [0.4, 0.5) is 10.3 Å². The van der Waals surface area contributed by atoms with Gasteiger partial charge in [0.15, 0.2) is 5.82 Å². The number of carbonyl (C=O) groups is 1. The van der Waals surface area contributed by atoms with Crippen LogP contribution in [-0.4, -0.2) is 51.5 Å². The van der Waals surface area contributed by atoms with Gasteiger partial charge in [0, 0.05) is 69.3 Å². The number of carbonyl (C=O) groups excluding carboxylic acids is 1. The summed E-state index contributed by atoms with van der Waals surface area (Å²) >= 11 is 0. The first-order valence-electron chi connectivity index (χ1n) is 9.11. The van der Waals surface area contributed by atoms with E-state index < -0.39 is 5.82 Å². The summed E-state index contributed by atoms with van der Waals surface area (Å²) in [5.74, 6) is 0.960. The molecule has 3 atom stereocenters. The average molecular weight is 371 g/mol. The predicted octanol–water partition coefficient (Wildman–Crippen LogP) is 1.28. The van der Waals surface area contributed by atoms with Crippen LogP contribution in [-0.2, 0) is 11.8 Å². The number of fused-ring (bicyclic) bond motifs is 1. The zero-order valence-corrected chi connectivity index (χ0v) is 15.6. The molecule has 1 aliphatic heterocycles. The van der Waals surface area contributed by atoms with Crippen LogP contribution >= 0.6 is 0 Å². The zero-order valence-electron chi connectivity index (χ0n) is 15.6. The molecular formula is C19H22FN5O2. The van der Waals surface area contributed by atoms with Gasteiger partial charge in [0.2, 0.25) is 11.9 Å². The van der Waals surface area contributed by atoms with Crippen molar-refractivity contribution >= 4 is 11.9 Å². The lowest BCUT2D eigenvalue weighted by Gasteiger charge is -2.26. The minimum atomic E-state index is -0.510. The Kier molecular flexibility index (Phi) is 4.20. The lowest BCUT2D eigenvalue weighted by molar-refractivity contribution is -0.130. The number of rotatable bonds is 4. The maximum Gasteiger partial charge on any atom is 0.255 e. The largest absolute Gasteiger partial charge is 0.342 e. The summed E-state index contributed by atoms with van der Waals surface area (Å²) in [5.41, 5.74) is 0.313. The molecule has 2 aromatic rings. The maximum absolute atomic E-state index is 14.1. The van der Waals surface area contributed by atoms with Crippen molar-refractivity contribution in [3.05, 3.63) is 40.7 Å². The van der Waals surface area contributed by atoms with E-state index in [0.29, 0.717) is 29.9 Å². The molecule has 2 aromatic heterocycles. The van der Waals surface area contributed by atoms with Crippen LogP contribution in [0.5, 0.6) is 0 Å². The molecular weight excluding hydrogens is 349 g/mol. The second-order valence-corrected chi connectivity index (χ2v) is 7.28. The molecule has 1 unspecified atom stereocenters. The fourth-order valence-corrected chi connectivity index (χ4v) is 4.19. The van der Waals surface area contributed by atoms with Gasteiger partial charge in [-0.2, -0.15) is 0 Å². The number of hydrogen-bond acceptors (Lipinski definition) is 5. The van der Waals surface area contributed by atoms with Gasteiger partial charge in [-0.05, 0) is 6.07 Å². The van der Waals surface area contributed by atoms with Gasteiger partial charge >= 0.3 is 0 Å². The number of hydrogen-bond donors (Lipinski definition) is 0. The Balaban J connectivity index is 1.61. The summed E-state index contributed by atoms with van der Waals surface area (Å²) in [6, 6.07) is 3.09. The van der Waals surface area contributed by atoms with Gasteiger partial charge in [0.05, 0.1) is 11.9 Å². The molecule has 1 aliphatic carbocycles. The van der Waals surface area contributed by atoms with Gasteiger partial charge < -0.3 is 9.80 Å². The molecule has 4 rings (SSSR count). The minimum absolute atomic E-state index is 0.185. The molecule has 2 fully saturated rings. The predicted molar refractivity (Wildman–Crippen MR) is 98.7 cm³/mol. The summed E-state index contributed by atoms with van der Waals surface area (Å²) in [6.45, 7) is 3.37. The Hall–Kier alpha value is -2.77. The third-order valence-corrected chi connectivity index (χ3v) is 5.73. The van der Waals surface area contributed by atoms with Crippen molar-refractivity contribution in [3.8, 4) is 11.3 Å². The monoisotopic (exact) mass is 371 g/mol. The Labute approximate surface area is 156 Å². The summed E-state index contributed by atoms with van der Waals surface area (Å²) in [7, 11) is 3.57. The van der Waals surface area contributed by atoms with Crippen LogP contribution in [0.15, 0.2) is 29.3 Å². The van der Waals surface area contributed by atoms with Crippen molar-refractivity contribution in [2.75, 3.05) is 25.0 Å². The summed E-state index contributed by atoms with van der Waals surface area (Å²) in [6.07, 6.45) is 3.11. The van der Waals surface area contributed by atoms with E-state index in [1.54, 1.807) is 7.05 Å². The number of pyridine rings is 1. The Morgan fingerprint density at radius 2 is 2.07 bits per heavy atom. The molecule has 0 radical (unpaired) electrons. The van der Waals surface area contributed by atoms with Crippen LogP contribution in [0.25, 0.3) is 11.3 Å². The van der Waals surface area contributed by atoms with Crippen molar-refractivity contribution in [2.45, 2.75) is 19.4 Å². The molecule has 27 heavy (non-hydrogen) atoms. The average Bonchev–Trinajstić information content (AvgIpc) is 3.16. The number of halogens is 1. The quantitative estimate of drug-likeness (QED) is 0.810. The fraction of sp³-hybridized carbons (Fsp3) is 0.474. The van der Waals surface area contributed by atoms with Crippen LogP contribution in [0, 0.1) is 17.7 Å². The molecule has 1 amide bonds. The highest BCUT2D eigenvalue weighted by molar-refractivity contribution is 5.76. The molecule has 142 valence electrons. The topological polar surface area (TPSA) is 71.3 Å². The van der Waals surface area contributed by atoms with Crippen molar-refractivity contribution < 1.29 is 9.18 Å². The molecule has 2 aliphatic rings. The van der Waals surface area contributed by atoms with Crippen molar-refractivity contribution in [1.29, 1.82) is 0 Å². The zero-order chi connectivity index (χ0) is 19.3. The number of piperidine rings is 1. The molecule has 1 saturated heterocycles. The van der Waals surface area contributed by atoms with E-state index in [4.69, 9.17) is 0 Å². The second-order valence-electron chi connectivity index (χ2n) is 7.28. The second kappa shape index (κ2) is 6.44. The summed E-state index contributed by atoms with van der Waals surface area (Å²) in [4.78, 5) is 36.5. The molecule has 1 saturated carbocycles. The molecule has 0 aromatic carbocycles. The van der Waals surface area contributed by atoms with Gasteiger partial charge in [-0.15, -0.1) is 0 Å². The third kappa shape index (κ3) is 2.89. The number of nitrogens with zero attached hydrogens (tertiary/aromatic N) is 5. The summed E-state index contributed by atoms with van der Waals surface area (Å²) in [5, 5.41) is 0. The van der Waals surface area contributed by atoms with E-state index in [-0.39, 0.29) is 23.1 Å². The number of anilines is 1. The van der Waals surface area contributed by atoms with Gasteiger partial charge in [-0.1, -0.05) is 6.92 Å². The van der Waals surface area contributed by atoms with E-state index in [9.17, 15) is 14.0 Å². The Morgan fingerprint density at radius 1 is 1.37 bits per heavy atom. The van der Waals surface area contributed by atoms with E-state index in [1.807, 2.05) is 23.8 Å². The Bertz CT molecular complexity index is 947. The van der Waals surface area contributed by atoms with Crippen LogP contribution in [0.2, 0.25) is 0 Å². The van der Waals surface area contributed by atoms with Crippen LogP contribution in [0.1, 0.15) is 13.3 Å². The molecule has 0 spiro atoms. The minimum Gasteiger partial charge on any atom is -0.342 e. The van der Waals surface area contributed by atoms with Gasteiger partial charge in [0.1, 0.15) is 0 Å².